The minimum atomic E-state index is -0.167. The molecule has 4 aromatic rings. The first kappa shape index (κ1) is 15.0. The molecular formula is C19H15N5O. The van der Waals surface area contributed by atoms with E-state index < -0.39 is 0 Å². The molecule has 0 unspecified atom stereocenters. The van der Waals surface area contributed by atoms with E-state index in [2.05, 4.69) is 25.5 Å². The number of anilines is 1. The second-order valence-electron chi connectivity index (χ2n) is 5.65. The van der Waals surface area contributed by atoms with Crippen molar-refractivity contribution in [1.29, 1.82) is 0 Å². The summed E-state index contributed by atoms with van der Waals surface area (Å²) >= 11 is 0. The van der Waals surface area contributed by atoms with Gasteiger partial charge in [0.2, 0.25) is 0 Å². The van der Waals surface area contributed by atoms with Gasteiger partial charge >= 0.3 is 0 Å². The highest BCUT2D eigenvalue weighted by Crippen LogP contribution is 2.20. The van der Waals surface area contributed by atoms with Crippen LogP contribution in [-0.2, 0) is 0 Å². The number of fused-ring (bicyclic) bond motifs is 1. The lowest BCUT2D eigenvalue weighted by Gasteiger charge is -2.08. The zero-order valence-electron chi connectivity index (χ0n) is 13.5. The number of carbonyl (C=O) groups is 1. The van der Waals surface area contributed by atoms with Crippen LogP contribution in [0.2, 0.25) is 0 Å². The second-order valence-corrected chi connectivity index (χ2v) is 5.65. The molecule has 0 radical (unpaired) electrons. The molecule has 0 aliphatic carbocycles. The van der Waals surface area contributed by atoms with E-state index in [1.54, 1.807) is 12.3 Å². The van der Waals surface area contributed by atoms with E-state index in [9.17, 15) is 4.79 Å². The number of pyridine rings is 1. The monoisotopic (exact) mass is 329 g/mol. The van der Waals surface area contributed by atoms with Gasteiger partial charge in [0.1, 0.15) is 5.82 Å². The van der Waals surface area contributed by atoms with Gasteiger partial charge in [-0.1, -0.05) is 12.1 Å². The van der Waals surface area contributed by atoms with E-state index in [0.29, 0.717) is 17.1 Å². The molecular weight excluding hydrogens is 314 g/mol. The Bertz CT molecular complexity index is 1050. The number of aromatic nitrogens is 4. The molecule has 0 saturated carbocycles. The quantitative estimate of drug-likeness (QED) is 0.602. The molecule has 2 heterocycles. The predicted octanol–water partition coefficient (Wildman–Crippen LogP) is 3.58. The first-order valence-electron chi connectivity index (χ1n) is 7.85. The van der Waals surface area contributed by atoms with Crippen molar-refractivity contribution >= 4 is 22.5 Å². The SMILES string of the molecule is Cc1nc(-c2ccc(NC(=O)c3cccc4ncccc34)cc2)n[nH]1. The van der Waals surface area contributed by atoms with Gasteiger partial charge in [-0.2, -0.15) is 5.10 Å². The van der Waals surface area contributed by atoms with E-state index in [4.69, 9.17) is 0 Å². The van der Waals surface area contributed by atoms with Crippen LogP contribution in [0.4, 0.5) is 5.69 Å². The maximum atomic E-state index is 12.6. The zero-order chi connectivity index (χ0) is 17.2. The minimum Gasteiger partial charge on any atom is -0.322 e. The number of aromatic amines is 1. The first-order valence-corrected chi connectivity index (χ1v) is 7.85. The Balaban J connectivity index is 1.58. The van der Waals surface area contributed by atoms with E-state index in [0.717, 1.165) is 22.3 Å². The van der Waals surface area contributed by atoms with Crippen molar-refractivity contribution in [2.45, 2.75) is 6.92 Å². The Morgan fingerprint density at radius 1 is 1.04 bits per heavy atom. The van der Waals surface area contributed by atoms with E-state index >= 15 is 0 Å². The molecule has 0 aliphatic heterocycles. The maximum Gasteiger partial charge on any atom is 0.256 e. The molecule has 6 heteroatoms. The number of hydrogen-bond donors (Lipinski definition) is 2. The van der Waals surface area contributed by atoms with Crippen LogP contribution in [0.15, 0.2) is 60.8 Å². The van der Waals surface area contributed by atoms with Crippen LogP contribution in [0.25, 0.3) is 22.3 Å². The fourth-order valence-corrected chi connectivity index (χ4v) is 2.67. The lowest BCUT2D eigenvalue weighted by molar-refractivity contribution is 0.102. The summed E-state index contributed by atoms with van der Waals surface area (Å²) in [4.78, 5) is 21.2. The smallest absolute Gasteiger partial charge is 0.256 e. The summed E-state index contributed by atoms with van der Waals surface area (Å²) in [5.74, 6) is 1.23. The normalized spacial score (nSPS) is 10.8. The van der Waals surface area contributed by atoms with Crippen LogP contribution in [0, 0.1) is 6.92 Å². The van der Waals surface area contributed by atoms with Gasteiger partial charge in [-0.05, 0) is 49.4 Å². The molecule has 6 nitrogen and oxygen atoms in total. The highest BCUT2D eigenvalue weighted by Gasteiger charge is 2.11. The standard InChI is InChI=1S/C19H15N5O/c1-12-21-18(24-23-12)13-7-9-14(10-8-13)22-19(25)16-4-2-6-17-15(16)5-3-11-20-17/h2-11H,1H3,(H,22,25)(H,21,23,24). The molecule has 0 fully saturated rings. The Morgan fingerprint density at radius 3 is 2.64 bits per heavy atom. The lowest BCUT2D eigenvalue weighted by Crippen LogP contribution is -2.12. The van der Waals surface area contributed by atoms with Crippen LogP contribution in [0.5, 0.6) is 0 Å². The molecule has 25 heavy (non-hydrogen) atoms. The molecule has 0 saturated heterocycles. The summed E-state index contributed by atoms with van der Waals surface area (Å²) in [6.45, 7) is 1.85. The number of amides is 1. The third-order valence-electron chi connectivity index (χ3n) is 3.89. The number of aryl methyl sites for hydroxylation is 1. The molecule has 0 spiro atoms. The molecule has 122 valence electrons. The number of H-pyrrole nitrogens is 1. The van der Waals surface area contributed by atoms with Gasteiger partial charge in [-0.25, -0.2) is 4.98 Å². The molecule has 0 atom stereocenters. The topological polar surface area (TPSA) is 83.6 Å². The summed E-state index contributed by atoms with van der Waals surface area (Å²) in [5.41, 5.74) is 2.99. The largest absolute Gasteiger partial charge is 0.322 e. The molecule has 2 aromatic carbocycles. The third-order valence-corrected chi connectivity index (χ3v) is 3.89. The average molecular weight is 329 g/mol. The van der Waals surface area contributed by atoms with E-state index in [1.165, 1.54) is 0 Å². The summed E-state index contributed by atoms with van der Waals surface area (Å²) in [6, 6.07) is 16.7. The maximum absolute atomic E-state index is 12.6. The van der Waals surface area contributed by atoms with Crippen LogP contribution in [-0.4, -0.2) is 26.1 Å². The van der Waals surface area contributed by atoms with Crippen molar-refractivity contribution in [2.75, 3.05) is 5.32 Å². The van der Waals surface area contributed by atoms with Crippen molar-refractivity contribution in [3.05, 3.63) is 72.2 Å². The first-order chi connectivity index (χ1) is 12.2. The Labute approximate surface area is 144 Å². The number of hydrogen-bond acceptors (Lipinski definition) is 4. The highest BCUT2D eigenvalue weighted by molar-refractivity contribution is 6.12. The van der Waals surface area contributed by atoms with Gasteiger partial charge in [0, 0.05) is 28.4 Å². The summed E-state index contributed by atoms with van der Waals surface area (Å²) < 4.78 is 0. The fourth-order valence-electron chi connectivity index (χ4n) is 2.67. The molecule has 2 aromatic heterocycles. The molecule has 0 aliphatic rings. The Morgan fingerprint density at radius 2 is 1.88 bits per heavy atom. The minimum absolute atomic E-state index is 0.167. The van der Waals surface area contributed by atoms with Crippen LogP contribution in [0.3, 0.4) is 0 Å². The number of carbonyl (C=O) groups excluding carboxylic acids is 1. The van der Waals surface area contributed by atoms with Crippen LogP contribution >= 0.6 is 0 Å². The van der Waals surface area contributed by atoms with Gasteiger partial charge in [-0.3, -0.25) is 14.9 Å². The molecule has 1 amide bonds. The summed E-state index contributed by atoms with van der Waals surface area (Å²) in [5, 5.41) is 10.7. The van der Waals surface area contributed by atoms with Crippen molar-refractivity contribution in [2.24, 2.45) is 0 Å². The molecule has 2 N–H and O–H groups in total. The van der Waals surface area contributed by atoms with Crippen LogP contribution in [0.1, 0.15) is 16.2 Å². The summed E-state index contributed by atoms with van der Waals surface area (Å²) in [7, 11) is 0. The van der Waals surface area contributed by atoms with Gasteiger partial charge in [0.25, 0.3) is 5.91 Å². The Hall–Kier alpha value is -3.54. The van der Waals surface area contributed by atoms with Crippen LogP contribution < -0.4 is 5.32 Å². The number of nitrogens with zero attached hydrogens (tertiary/aromatic N) is 3. The van der Waals surface area contributed by atoms with Crippen molar-refractivity contribution < 1.29 is 4.79 Å². The number of rotatable bonds is 3. The average Bonchev–Trinajstić information content (AvgIpc) is 3.08. The van der Waals surface area contributed by atoms with Gasteiger partial charge in [0.15, 0.2) is 5.82 Å². The van der Waals surface area contributed by atoms with E-state index in [-0.39, 0.29) is 5.91 Å². The second kappa shape index (κ2) is 6.16. The van der Waals surface area contributed by atoms with Gasteiger partial charge < -0.3 is 5.32 Å². The number of benzene rings is 2. The third kappa shape index (κ3) is 2.97. The van der Waals surface area contributed by atoms with Crippen molar-refractivity contribution in [1.82, 2.24) is 20.2 Å². The number of nitrogens with one attached hydrogen (secondary N) is 2. The van der Waals surface area contributed by atoms with Crippen molar-refractivity contribution in [3.63, 3.8) is 0 Å². The Kier molecular flexibility index (Phi) is 3.70. The zero-order valence-corrected chi connectivity index (χ0v) is 13.5. The lowest BCUT2D eigenvalue weighted by atomic mass is 10.1. The predicted molar refractivity (Wildman–Crippen MR) is 96.3 cm³/mol. The molecule has 4 rings (SSSR count). The van der Waals surface area contributed by atoms with E-state index in [1.807, 2.05) is 55.5 Å². The van der Waals surface area contributed by atoms with Crippen molar-refractivity contribution in [3.8, 4) is 11.4 Å². The van der Waals surface area contributed by atoms with Gasteiger partial charge in [0.05, 0.1) is 5.52 Å². The highest BCUT2D eigenvalue weighted by atomic mass is 16.1. The fraction of sp³-hybridized carbons (Fsp3) is 0.0526. The molecule has 0 bridgehead atoms. The van der Waals surface area contributed by atoms with Gasteiger partial charge in [-0.15, -0.1) is 0 Å². The summed E-state index contributed by atoms with van der Waals surface area (Å²) in [6.07, 6.45) is 1.72.